The molecule has 0 bridgehead atoms. The normalized spacial score (nSPS) is 24.8. The number of ether oxygens (including phenoxy) is 1. The van der Waals surface area contributed by atoms with Gasteiger partial charge in [-0.2, -0.15) is 0 Å². The third kappa shape index (κ3) is 1.91. The Morgan fingerprint density at radius 2 is 1.94 bits per heavy atom. The molecular weight excluding hydrogens is 208 g/mol. The SMILES string of the molecule is COc1cc(N)ccc1N1C[C@@H](O)[C@@H](O)C1. The fraction of sp³-hybridized carbons (Fsp3) is 0.455. The molecule has 0 aromatic heterocycles. The molecule has 88 valence electrons. The summed E-state index contributed by atoms with van der Waals surface area (Å²) in [5.74, 6) is 0.654. The molecule has 4 N–H and O–H groups in total. The Bertz CT molecular complexity index is 373. The molecule has 0 amide bonds. The minimum atomic E-state index is -0.706. The number of aliphatic hydroxyl groups excluding tert-OH is 2. The first-order chi connectivity index (χ1) is 7.61. The summed E-state index contributed by atoms with van der Waals surface area (Å²) in [5.41, 5.74) is 7.12. The van der Waals surface area contributed by atoms with Crippen molar-refractivity contribution in [3.05, 3.63) is 18.2 Å². The van der Waals surface area contributed by atoms with E-state index in [2.05, 4.69) is 0 Å². The lowest BCUT2D eigenvalue weighted by molar-refractivity contribution is 0.0572. The van der Waals surface area contributed by atoms with Crippen LogP contribution < -0.4 is 15.4 Å². The van der Waals surface area contributed by atoms with Crippen LogP contribution in [0.2, 0.25) is 0 Å². The highest BCUT2D eigenvalue weighted by Crippen LogP contribution is 2.32. The zero-order chi connectivity index (χ0) is 11.7. The van der Waals surface area contributed by atoms with Crippen molar-refractivity contribution in [2.75, 3.05) is 30.8 Å². The van der Waals surface area contributed by atoms with Crippen LogP contribution in [0.5, 0.6) is 5.75 Å². The first-order valence-corrected chi connectivity index (χ1v) is 5.16. The Morgan fingerprint density at radius 3 is 2.50 bits per heavy atom. The van der Waals surface area contributed by atoms with E-state index >= 15 is 0 Å². The van der Waals surface area contributed by atoms with E-state index in [0.717, 1.165) is 5.69 Å². The number of benzene rings is 1. The van der Waals surface area contributed by atoms with Gasteiger partial charge in [-0.15, -0.1) is 0 Å². The summed E-state index contributed by atoms with van der Waals surface area (Å²) in [4.78, 5) is 1.88. The fourth-order valence-corrected chi connectivity index (χ4v) is 1.92. The Balaban J connectivity index is 2.27. The van der Waals surface area contributed by atoms with E-state index in [-0.39, 0.29) is 0 Å². The molecule has 0 radical (unpaired) electrons. The second kappa shape index (κ2) is 4.19. The predicted octanol–water partition coefficient (Wildman–Crippen LogP) is -0.181. The molecule has 0 saturated carbocycles. The highest BCUT2D eigenvalue weighted by atomic mass is 16.5. The zero-order valence-corrected chi connectivity index (χ0v) is 9.13. The van der Waals surface area contributed by atoms with Crippen molar-refractivity contribution in [1.29, 1.82) is 0 Å². The molecule has 0 spiro atoms. The van der Waals surface area contributed by atoms with Crippen LogP contribution in [0.4, 0.5) is 11.4 Å². The summed E-state index contributed by atoms with van der Waals surface area (Å²) in [6.45, 7) is 0.808. The molecule has 1 fully saturated rings. The lowest BCUT2D eigenvalue weighted by Gasteiger charge is -2.20. The summed E-state index contributed by atoms with van der Waals surface area (Å²) in [5, 5.41) is 19.0. The van der Waals surface area contributed by atoms with Gasteiger partial charge in [0.05, 0.1) is 25.0 Å². The first-order valence-electron chi connectivity index (χ1n) is 5.16. The van der Waals surface area contributed by atoms with Gasteiger partial charge in [0.15, 0.2) is 0 Å². The molecule has 0 unspecified atom stereocenters. The molecule has 1 aliphatic rings. The van der Waals surface area contributed by atoms with Gasteiger partial charge in [0, 0.05) is 24.8 Å². The van der Waals surface area contributed by atoms with Gasteiger partial charge in [-0.3, -0.25) is 0 Å². The van der Waals surface area contributed by atoms with Crippen LogP contribution in [0.1, 0.15) is 0 Å². The van der Waals surface area contributed by atoms with Crippen LogP contribution in [0.3, 0.4) is 0 Å². The Hall–Kier alpha value is -1.46. The van der Waals surface area contributed by atoms with Gasteiger partial charge in [0.25, 0.3) is 0 Å². The van der Waals surface area contributed by atoms with Crippen molar-refractivity contribution in [3.8, 4) is 5.75 Å². The Morgan fingerprint density at radius 1 is 1.31 bits per heavy atom. The highest BCUT2D eigenvalue weighted by Gasteiger charge is 2.30. The number of nitrogens with two attached hydrogens (primary N) is 1. The number of methoxy groups -OCH3 is 1. The highest BCUT2D eigenvalue weighted by molar-refractivity contribution is 5.64. The van der Waals surface area contributed by atoms with E-state index in [0.29, 0.717) is 24.5 Å². The van der Waals surface area contributed by atoms with Crippen LogP contribution in [0.25, 0.3) is 0 Å². The Kier molecular flexibility index (Phi) is 2.89. The van der Waals surface area contributed by atoms with Gasteiger partial charge in [0.1, 0.15) is 5.75 Å². The van der Waals surface area contributed by atoms with Gasteiger partial charge in [0.2, 0.25) is 0 Å². The number of anilines is 2. The van der Waals surface area contributed by atoms with E-state index in [4.69, 9.17) is 10.5 Å². The third-order valence-electron chi connectivity index (χ3n) is 2.80. The van der Waals surface area contributed by atoms with E-state index in [1.165, 1.54) is 0 Å². The van der Waals surface area contributed by atoms with Gasteiger partial charge in [-0.1, -0.05) is 0 Å². The largest absolute Gasteiger partial charge is 0.495 e. The maximum Gasteiger partial charge on any atom is 0.144 e. The van der Waals surface area contributed by atoms with Crippen molar-refractivity contribution in [2.24, 2.45) is 0 Å². The van der Waals surface area contributed by atoms with E-state index in [1.54, 1.807) is 19.2 Å². The first kappa shape index (κ1) is 11.0. The molecule has 5 heteroatoms. The van der Waals surface area contributed by atoms with Gasteiger partial charge in [-0.05, 0) is 12.1 Å². The number of rotatable bonds is 2. The van der Waals surface area contributed by atoms with Gasteiger partial charge in [-0.25, -0.2) is 0 Å². The summed E-state index contributed by atoms with van der Waals surface area (Å²) in [7, 11) is 1.57. The summed E-state index contributed by atoms with van der Waals surface area (Å²) < 4.78 is 5.22. The number of aliphatic hydroxyl groups is 2. The van der Waals surface area contributed by atoms with Crippen LogP contribution in [0.15, 0.2) is 18.2 Å². The molecule has 0 aliphatic carbocycles. The third-order valence-corrected chi connectivity index (χ3v) is 2.80. The number of hydrogen-bond acceptors (Lipinski definition) is 5. The molecule has 1 aromatic rings. The average Bonchev–Trinajstić information content (AvgIpc) is 2.59. The maximum atomic E-state index is 9.49. The van der Waals surface area contributed by atoms with Crippen molar-refractivity contribution in [1.82, 2.24) is 0 Å². The van der Waals surface area contributed by atoms with Crippen LogP contribution >= 0.6 is 0 Å². The summed E-state index contributed by atoms with van der Waals surface area (Å²) in [6.07, 6.45) is -1.41. The van der Waals surface area contributed by atoms with Crippen molar-refractivity contribution >= 4 is 11.4 Å². The topological polar surface area (TPSA) is 79.0 Å². The minimum Gasteiger partial charge on any atom is -0.495 e. The second-order valence-electron chi connectivity index (χ2n) is 3.97. The molecule has 1 aliphatic heterocycles. The van der Waals surface area contributed by atoms with Crippen LogP contribution in [-0.4, -0.2) is 42.6 Å². The fourth-order valence-electron chi connectivity index (χ4n) is 1.92. The lowest BCUT2D eigenvalue weighted by atomic mass is 10.2. The summed E-state index contributed by atoms with van der Waals surface area (Å²) in [6, 6.07) is 5.33. The number of nitrogens with zero attached hydrogens (tertiary/aromatic N) is 1. The second-order valence-corrected chi connectivity index (χ2v) is 3.97. The standard InChI is InChI=1S/C11H16N2O3/c1-16-11-4-7(12)2-3-8(11)13-5-9(14)10(15)6-13/h2-4,9-10,14-15H,5-6,12H2,1H3/t9-,10+. The molecule has 2 atom stereocenters. The molecular formula is C11H16N2O3. The number of hydrogen-bond donors (Lipinski definition) is 3. The minimum absolute atomic E-state index is 0.404. The molecule has 1 saturated heterocycles. The van der Waals surface area contributed by atoms with Gasteiger partial charge < -0.3 is 25.6 Å². The average molecular weight is 224 g/mol. The van der Waals surface area contributed by atoms with Crippen molar-refractivity contribution in [2.45, 2.75) is 12.2 Å². The van der Waals surface area contributed by atoms with E-state index in [9.17, 15) is 10.2 Å². The number of β-amino-alcohol motifs (C(OH)–C–C–N with tert-alkyl or cyclic N) is 2. The van der Waals surface area contributed by atoms with Crippen LogP contribution in [-0.2, 0) is 0 Å². The molecule has 1 heterocycles. The van der Waals surface area contributed by atoms with Crippen LogP contribution in [0, 0.1) is 0 Å². The Labute approximate surface area is 94.1 Å². The molecule has 5 nitrogen and oxygen atoms in total. The van der Waals surface area contributed by atoms with Gasteiger partial charge >= 0.3 is 0 Å². The summed E-state index contributed by atoms with van der Waals surface area (Å²) >= 11 is 0. The maximum absolute atomic E-state index is 9.49. The molecule has 2 rings (SSSR count). The van der Waals surface area contributed by atoms with E-state index in [1.807, 2.05) is 11.0 Å². The van der Waals surface area contributed by atoms with E-state index < -0.39 is 12.2 Å². The molecule has 16 heavy (non-hydrogen) atoms. The quantitative estimate of drug-likeness (QED) is 0.607. The van der Waals surface area contributed by atoms with Crippen molar-refractivity contribution in [3.63, 3.8) is 0 Å². The number of nitrogen functional groups attached to an aromatic ring is 1. The smallest absolute Gasteiger partial charge is 0.144 e. The van der Waals surface area contributed by atoms with Crippen molar-refractivity contribution < 1.29 is 14.9 Å². The lowest BCUT2D eigenvalue weighted by Crippen LogP contribution is -2.22. The predicted molar refractivity (Wildman–Crippen MR) is 61.6 cm³/mol. The zero-order valence-electron chi connectivity index (χ0n) is 9.13. The monoisotopic (exact) mass is 224 g/mol. The molecule has 1 aromatic carbocycles.